The number of fused-ring (bicyclic) bond motifs is 1. The van der Waals surface area contributed by atoms with Gasteiger partial charge in [-0.15, -0.1) is 0 Å². The standard InChI is InChI=1S/C21H28N4O5S/c1-4-31(27,28)24-17-10-16-12-25(13-21(16,11-17)20-22-14(2)23-30-20)19(26)9-15-6-5-7-18(8-15)29-3/h5-8,16-17,24H,4,9-13H2,1-3H3/t16-,17+,21-/m0/s1. The number of amides is 1. The van der Waals surface area contributed by atoms with E-state index < -0.39 is 15.4 Å². The molecule has 4 rings (SSSR count). The van der Waals surface area contributed by atoms with E-state index in [2.05, 4.69) is 14.9 Å². The number of rotatable bonds is 7. The third kappa shape index (κ3) is 4.31. The molecule has 1 saturated carbocycles. The summed E-state index contributed by atoms with van der Waals surface area (Å²) in [4.78, 5) is 19.4. The van der Waals surface area contributed by atoms with Crippen LogP contribution in [0, 0.1) is 12.8 Å². The molecule has 2 aliphatic rings. The molecular formula is C21H28N4O5S. The number of carbonyl (C=O) groups excluding carboxylic acids is 1. The molecule has 1 aliphatic heterocycles. The van der Waals surface area contributed by atoms with Gasteiger partial charge in [0.15, 0.2) is 5.82 Å². The van der Waals surface area contributed by atoms with Gasteiger partial charge in [-0.3, -0.25) is 4.79 Å². The molecule has 0 radical (unpaired) electrons. The van der Waals surface area contributed by atoms with Gasteiger partial charge in [0.2, 0.25) is 21.8 Å². The smallest absolute Gasteiger partial charge is 0.235 e. The van der Waals surface area contributed by atoms with Crippen molar-refractivity contribution in [1.29, 1.82) is 0 Å². The van der Waals surface area contributed by atoms with Crippen molar-refractivity contribution in [2.45, 2.75) is 44.6 Å². The van der Waals surface area contributed by atoms with Gasteiger partial charge >= 0.3 is 0 Å². The lowest BCUT2D eigenvalue weighted by Gasteiger charge is -2.25. The first-order valence-electron chi connectivity index (χ1n) is 10.5. The zero-order valence-corrected chi connectivity index (χ0v) is 18.8. The molecular weight excluding hydrogens is 420 g/mol. The number of aryl methyl sites for hydroxylation is 1. The summed E-state index contributed by atoms with van der Waals surface area (Å²) in [6, 6.07) is 7.27. The Balaban J connectivity index is 1.54. The molecule has 168 valence electrons. The van der Waals surface area contributed by atoms with Gasteiger partial charge in [0.05, 0.1) is 24.7 Å². The second-order valence-corrected chi connectivity index (χ2v) is 10.5. The van der Waals surface area contributed by atoms with E-state index in [1.807, 2.05) is 29.2 Å². The number of aromatic nitrogens is 2. The average Bonchev–Trinajstić information content (AvgIpc) is 3.40. The Hall–Kier alpha value is -2.46. The number of carbonyl (C=O) groups is 1. The van der Waals surface area contributed by atoms with Gasteiger partial charge in [-0.05, 0) is 50.3 Å². The van der Waals surface area contributed by atoms with E-state index in [4.69, 9.17) is 9.26 Å². The van der Waals surface area contributed by atoms with Crippen molar-refractivity contribution in [3.63, 3.8) is 0 Å². The first-order chi connectivity index (χ1) is 14.7. The summed E-state index contributed by atoms with van der Waals surface area (Å²) in [5.74, 6) is 1.83. The first kappa shape index (κ1) is 21.8. The molecule has 1 aliphatic carbocycles. The van der Waals surface area contributed by atoms with Gasteiger partial charge in [-0.1, -0.05) is 17.3 Å². The molecule has 0 bridgehead atoms. The Morgan fingerprint density at radius 3 is 2.90 bits per heavy atom. The molecule has 0 spiro atoms. The first-order valence-corrected chi connectivity index (χ1v) is 12.1. The maximum absolute atomic E-state index is 13.1. The number of methoxy groups -OCH3 is 1. The lowest BCUT2D eigenvalue weighted by molar-refractivity contribution is -0.129. The van der Waals surface area contributed by atoms with Crippen LogP contribution in [-0.2, 0) is 26.7 Å². The fourth-order valence-corrected chi connectivity index (χ4v) is 5.74. The third-order valence-corrected chi connectivity index (χ3v) is 7.85. The lowest BCUT2D eigenvalue weighted by atomic mass is 9.80. The zero-order chi connectivity index (χ0) is 22.2. The quantitative estimate of drug-likeness (QED) is 0.681. The molecule has 2 aromatic rings. The topological polar surface area (TPSA) is 115 Å². The molecule has 2 fully saturated rings. The SMILES string of the molecule is CCS(=O)(=O)N[C@@H]1C[C@H]2CN(C(=O)Cc3cccc(OC)c3)C[C@@]2(c2nc(C)no2)C1. The summed E-state index contributed by atoms with van der Waals surface area (Å²) in [5.41, 5.74) is 0.351. The van der Waals surface area contributed by atoms with Gasteiger partial charge < -0.3 is 14.2 Å². The molecule has 2 heterocycles. The maximum atomic E-state index is 13.1. The molecule has 1 saturated heterocycles. The largest absolute Gasteiger partial charge is 0.497 e. The van der Waals surface area contributed by atoms with Crippen molar-refractivity contribution in [3.05, 3.63) is 41.5 Å². The number of nitrogens with zero attached hydrogens (tertiary/aromatic N) is 3. The van der Waals surface area contributed by atoms with Crippen molar-refractivity contribution in [1.82, 2.24) is 19.8 Å². The van der Waals surface area contributed by atoms with E-state index in [0.717, 1.165) is 5.56 Å². The van der Waals surface area contributed by atoms with Crippen LogP contribution >= 0.6 is 0 Å². The number of hydrogen-bond acceptors (Lipinski definition) is 7. The maximum Gasteiger partial charge on any atom is 0.235 e. The number of hydrogen-bond donors (Lipinski definition) is 1. The molecule has 9 nitrogen and oxygen atoms in total. The van der Waals surface area contributed by atoms with Gasteiger partial charge in [0, 0.05) is 19.1 Å². The highest BCUT2D eigenvalue weighted by Crippen LogP contribution is 2.50. The number of sulfonamides is 1. The number of benzene rings is 1. The summed E-state index contributed by atoms with van der Waals surface area (Å²) in [7, 11) is -1.72. The van der Waals surface area contributed by atoms with Crippen LogP contribution in [0.25, 0.3) is 0 Å². The minimum atomic E-state index is -3.32. The Labute approximate surface area is 182 Å². The van der Waals surface area contributed by atoms with Crippen LogP contribution in [0.5, 0.6) is 5.75 Å². The summed E-state index contributed by atoms with van der Waals surface area (Å²) in [6.07, 6.45) is 1.43. The Bertz CT molecular complexity index is 1070. The fraction of sp³-hybridized carbons (Fsp3) is 0.571. The van der Waals surface area contributed by atoms with Crippen molar-refractivity contribution in [2.24, 2.45) is 5.92 Å². The van der Waals surface area contributed by atoms with E-state index in [1.54, 1.807) is 21.0 Å². The average molecular weight is 449 g/mol. The van der Waals surface area contributed by atoms with Crippen molar-refractivity contribution < 1.29 is 22.5 Å². The van der Waals surface area contributed by atoms with E-state index >= 15 is 0 Å². The molecule has 1 amide bonds. The van der Waals surface area contributed by atoms with E-state index in [9.17, 15) is 13.2 Å². The van der Waals surface area contributed by atoms with E-state index in [0.29, 0.717) is 43.4 Å². The Kier molecular flexibility index (Phi) is 5.78. The van der Waals surface area contributed by atoms with Crippen LogP contribution in [0.1, 0.15) is 37.0 Å². The summed E-state index contributed by atoms with van der Waals surface area (Å²) >= 11 is 0. The van der Waals surface area contributed by atoms with Crippen LogP contribution in [0.3, 0.4) is 0 Å². The fourth-order valence-electron chi connectivity index (χ4n) is 4.89. The molecule has 1 aromatic carbocycles. The van der Waals surface area contributed by atoms with Crippen molar-refractivity contribution in [3.8, 4) is 5.75 Å². The van der Waals surface area contributed by atoms with Crippen LogP contribution in [0.2, 0.25) is 0 Å². The molecule has 31 heavy (non-hydrogen) atoms. The predicted octanol–water partition coefficient (Wildman–Crippen LogP) is 1.43. The van der Waals surface area contributed by atoms with Crippen LogP contribution in [-0.4, -0.2) is 61.4 Å². The van der Waals surface area contributed by atoms with E-state index in [1.165, 1.54) is 0 Å². The highest BCUT2D eigenvalue weighted by Gasteiger charge is 2.58. The van der Waals surface area contributed by atoms with Crippen LogP contribution < -0.4 is 9.46 Å². The van der Waals surface area contributed by atoms with Crippen molar-refractivity contribution >= 4 is 15.9 Å². The second-order valence-electron chi connectivity index (χ2n) is 8.46. The minimum absolute atomic E-state index is 0.0176. The highest BCUT2D eigenvalue weighted by molar-refractivity contribution is 7.89. The molecule has 1 N–H and O–H groups in total. The third-order valence-electron chi connectivity index (χ3n) is 6.40. The van der Waals surface area contributed by atoms with E-state index in [-0.39, 0.29) is 30.0 Å². The lowest BCUT2D eigenvalue weighted by Crippen LogP contribution is -2.40. The van der Waals surface area contributed by atoms with Gasteiger partial charge in [0.25, 0.3) is 0 Å². The molecule has 0 unspecified atom stereocenters. The summed E-state index contributed by atoms with van der Waals surface area (Å²) < 4.78 is 37.8. The molecule has 1 aromatic heterocycles. The van der Waals surface area contributed by atoms with Gasteiger partial charge in [-0.25, -0.2) is 13.1 Å². The monoisotopic (exact) mass is 448 g/mol. The number of ether oxygens (including phenoxy) is 1. The number of likely N-dealkylation sites (tertiary alicyclic amines) is 1. The number of nitrogens with one attached hydrogen (secondary N) is 1. The molecule has 3 atom stereocenters. The highest BCUT2D eigenvalue weighted by atomic mass is 32.2. The summed E-state index contributed by atoms with van der Waals surface area (Å²) in [5, 5.41) is 3.95. The Morgan fingerprint density at radius 1 is 1.42 bits per heavy atom. The zero-order valence-electron chi connectivity index (χ0n) is 18.0. The summed E-state index contributed by atoms with van der Waals surface area (Å²) in [6.45, 7) is 4.35. The minimum Gasteiger partial charge on any atom is -0.497 e. The van der Waals surface area contributed by atoms with Gasteiger partial charge in [0.1, 0.15) is 5.75 Å². The van der Waals surface area contributed by atoms with Crippen LogP contribution in [0.4, 0.5) is 0 Å². The van der Waals surface area contributed by atoms with Crippen LogP contribution in [0.15, 0.2) is 28.8 Å². The predicted molar refractivity (Wildman–Crippen MR) is 113 cm³/mol. The Morgan fingerprint density at radius 2 is 2.23 bits per heavy atom. The molecule has 10 heteroatoms. The van der Waals surface area contributed by atoms with Crippen molar-refractivity contribution in [2.75, 3.05) is 26.0 Å². The second kappa shape index (κ2) is 8.23. The van der Waals surface area contributed by atoms with Gasteiger partial charge in [-0.2, -0.15) is 4.98 Å². The normalized spacial score (nSPS) is 25.6.